The van der Waals surface area contributed by atoms with Crippen LogP contribution >= 0.6 is 23.2 Å². The van der Waals surface area contributed by atoms with Crippen LogP contribution in [0.1, 0.15) is 17.0 Å². The molecule has 2 aromatic carbocycles. The van der Waals surface area contributed by atoms with Crippen LogP contribution in [0.25, 0.3) is 16.7 Å². The molecular weight excluding hydrogens is 545 g/mol. The largest absolute Gasteiger partial charge is 0.503 e. The number of pyridine rings is 1. The van der Waals surface area contributed by atoms with Crippen LogP contribution in [-0.2, 0) is 13.2 Å². The molecule has 0 unspecified atom stereocenters. The zero-order valence-corrected chi connectivity index (χ0v) is 22.1. The molecule has 0 saturated carbocycles. The Morgan fingerprint density at radius 3 is 2.69 bits per heavy atom. The molecule has 0 radical (unpaired) electrons. The summed E-state index contributed by atoms with van der Waals surface area (Å²) >= 11 is 12.1. The highest BCUT2D eigenvalue weighted by molar-refractivity contribution is 6.34. The van der Waals surface area contributed by atoms with Crippen LogP contribution in [0.3, 0.4) is 0 Å². The molecule has 0 fully saturated rings. The maximum atomic E-state index is 12.2. The van der Waals surface area contributed by atoms with E-state index in [4.69, 9.17) is 32.4 Å². The van der Waals surface area contributed by atoms with Gasteiger partial charge in [-0.3, -0.25) is 9.79 Å². The Hall–Kier alpha value is -4.41. The van der Waals surface area contributed by atoms with Crippen molar-refractivity contribution in [3.05, 3.63) is 109 Å². The van der Waals surface area contributed by atoms with Gasteiger partial charge in [-0.2, -0.15) is 0 Å². The summed E-state index contributed by atoms with van der Waals surface area (Å²) < 4.78 is 14.5. The number of aromatic hydroxyl groups is 1. The van der Waals surface area contributed by atoms with Gasteiger partial charge < -0.3 is 18.8 Å². The standard InChI is InChI=1S/C27H21Cl2N5O5/c1-16-27(37)24(35)4-6-33(16)7-5-30-13-17-8-26(36)39-25-12-22(2-3-23(17)25)38-15-20-14-34(32-31-20)21-10-18(28)9-19(29)11-21/h2-4,6,8-14,37H,5,7,15H2,1H3. The van der Waals surface area contributed by atoms with Crippen molar-refractivity contribution in [2.45, 2.75) is 20.1 Å². The minimum Gasteiger partial charge on any atom is -0.503 e. The Kier molecular flexibility index (Phi) is 7.49. The number of aromatic nitrogens is 4. The van der Waals surface area contributed by atoms with Gasteiger partial charge >= 0.3 is 5.63 Å². The Morgan fingerprint density at radius 2 is 1.90 bits per heavy atom. The maximum absolute atomic E-state index is 12.2. The summed E-state index contributed by atoms with van der Waals surface area (Å²) in [5.41, 5.74) is 1.69. The molecule has 0 aliphatic carbocycles. The highest BCUT2D eigenvalue weighted by Gasteiger charge is 2.09. The zero-order valence-electron chi connectivity index (χ0n) is 20.5. The van der Waals surface area contributed by atoms with E-state index in [1.807, 2.05) is 0 Å². The molecule has 0 atom stereocenters. The van der Waals surface area contributed by atoms with Crippen LogP contribution in [0.15, 0.2) is 79.9 Å². The van der Waals surface area contributed by atoms with Crippen molar-refractivity contribution in [2.24, 2.45) is 4.99 Å². The predicted molar refractivity (Wildman–Crippen MR) is 148 cm³/mol. The molecule has 39 heavy (non-hydrogen) atoms. The van der Waals surface area contributed by atoms with Crippen molar-refractivity contribution in [3.63, 3.8) is 0 Å². The van der Waals surface area contributed by atoms with Crippen molar-refractivity contribution in [1.29, 1.82) is 0 Å². The topological polar surface area (TPSA) is 125 Å². The molecule has 3 aromatic heterocycles. The summed E-state index contributed by atoms with van der Waals surface area (Å²) in [4.78, 5) is 28.1. The molecule has 198 valence electrons. The highest BCUT2D eigenvalue weighted by Crippen LogP contribution is 2.24. The number of aliphatic imine (C=N–C) groups is 1. The smallest absolute Gasteiger partial charge is 0.336 e. The molecule has 5 aromatic rings. The molecule has 1 N–H and O–H groups in total. The Labute approximate surface area is 231 Å². The fraction of sp³-hybridized carbons (Fsp3) is 0.148. The molecule has 0 spiro atoms. The quantitative estimate of drug-likeness (QED) is 0.216. The number of benzene rings is 2. The van der Waals surface area contributed by atoms with E-state index in [9.17, 15) is 14.7 Å². The lowest BCUT2D eigenvalue weighted by molar-refractivity contribution is 0.301. The van der Waals surface area contributed by atoms with Crippen LogP contribution in [0.2, 0.25) is 10.0 Å². The molecule has 5 rings (SSSR count). The van der Waals surface area contributed by atoms with Crippen molar-refractivity contribution in [2.75, 3.05) is 6.54 Å². The van der Waals surface area contributed by atoms with E-state index < -0.39 is 11.1 Å². The first kappa shape index (κ1) is 26.2. The van der Waals surface area contributed by atoms with Crippen LogP contribution in [-0.4, -0.2) is 37.4 Å². The third-order valence-corrected chi connectivity index (χ3v) is 6.34. The molecule has 0 aliphatic rings. The summed E-state index contributed by atoms with van der Waals surface area (Å²) in [5, 5.41) is 19.7. The average Bonchev–Trinajstić information content (AvgIpc) is 3.38. The van der Waals surface area contributed by atoms with Crippen molar-refractivity contribution < 1.29 is 14.3 Å². The molecular formula is C27H21Cl2N5O5. The zero-order chi connectivity index (χ0) is 27.5. The number of halogens is 2. The molecule has 0 bridgehead atoms. The van der Waals surface area contributed by atoms with E-state index in [0.29, 0.717) is 62.5 Å². The van der Waals surface area contributed by atoms with E-state index in [1.54, 1.807) is 71.2 Å². The SMILES string of the molecule is Cc1c(O)c(=O)ccn1CCN=Cc1cc(=O)oc2cc(OCc3cn(-c4cc(Cl)cc(Cl)c4)nn3)ccc12. The fourth-order valence-corrected chi connectivity index (χ4v) is 4.43. The first-order chi connectivity index (χ1) is 18.8. The number of nitrogens with zero attached hydrogens (tertiary/aromatic N) is 5. The summed E-state index contributed by atoms with van der Waals surface area (Å²) in [7, 11) is 0. The summed E-state index contributed by atoms with van der Waals surface area (Å²) in [6, 6.07) is 12.9. The Bertz CT molecular complexity index is 1810. The Morgan fingerprint density at radius 1 is 1.10 bits per heavy atom. The van der Waals surface area contributed by atoms with Gasteiger partial charge in [-0.05, 0) is 37.3 Å². The highest BCUT2D eigenvalue weighted by atomic mass is 35.5. The van der Waals surface area contributed by atoms with E-state index in [-0.39, 0.29) is 12.4 Å². The van der Waals surface area contributed by atoms with Gasteiger partial charge in [0.1, 0.15) is 23.6 Å². The number of rotatable bonds is 8. The number of ether oxygens (including phenoxy) is 1. The predicted octanol–water partition coefficient (Wildman–Crippen LogP) is 4.55. The third kappa shape index (κ3) is 6.02. The van der Waals surface area contributed by atoms with E-state index in [2.05, 4.69) is 15.3 Å². The van der Waals surface area contributed by atoms with Gasteiger partial charge in [0, 0.05) is 58.2 Å². The van der Waals surface area contributed by atoms with E-state index >= 15 is 0 Å². The Balaban J connectivity index is 1.27. The summed E-state index contributed by atoms with van der Waals surface area (Å²) in [6.45, 7) is 2.61. The first-order valence-corrected chi connectivity index (χ1v) is 12.5. The van der Waals surface area contributed by atoms with Gasteiger partial charge in [0.2, 0.25) is 5.43 Å². The lowest BCUT2D eigenvalue weighted by Crippen LogP contribution is -2.11. The molecule has 10 nitrogen and oxygen atoms in total. The first-order valence-electron chi connectivity index (χ1n) is 11.7. The average molecular weight is 566 g/mol. The molecule has 0 saturated heterocycles. The molecule has 0 aliphatic heterocycles. The number of hydrogen-bond acceptors (Lipinski definition) is 8. The normalized spacial score (nSPS) is 11.5. The van der Waals surface area contributed by atoms with Crippen LogP contribution in [0, 0.1) is 6.92 Å². The maximum Gasteiger partial charge on any atom is 0.336 e. The second-order valence-corrected chi connectivity index (χ2v) is 9.47. The fourth-order valence-electron chi connectivity index (χ4n) is 3.92. The van der Waals surface area contributed by atoms with Crippen molar-refractivity contribution in [1.82, 2.24) is 19.6 Å². The molecule has 12 heteroatoms. The van der Waals surface area contributed by atoms with Crippen molar-refractivity contribution in [3.8, 4) is 17.2 Å². The second kappa shape index (κ2) is 11.1. The van der Waals surface area contributed by atoms with Crippen LogP contribution < -0.4 is 15.8 Å². The minimum absolute atomic E-state index is 0.130. The number of hydrogen-bond donors (Lipinski definition) is 1. The van der Waals surface area contributed by atoms with Gasteiger partial charge in [-0.25, -0.2) is 9.48 Å². The lowest BCUT2D eigenvalue weighted by Gasteiger charge is -2.09. The minimum atomic E-state index is -0.523. The van der Waals surface area contributed by atoms with E-state index in [1.165, 1.54) is 12.1 Å². The monoisotopic (exact) mass is 565 g/mol. The van der Waals surface area contributed by atoms with Crippen LogP contribution in [0.4, 0.5) is 0 Å². The van der Waals surface area contributed by atoms with Gasteiger partial charge in [0.25, 0.3) is 0 Å². The summed E-state index contributed by atoms with van der Waals surface area (Å²) in [5.74, 6) is 0.204. The third-order valence-electron chi connectivity index (χ3n) is 5.90. The lowest BCUT2D eigenvalue weighted by atomic mass is 10.1. The second-order valence-electron chi connectivity index (χ2n) is 8.59. The van der Waals surface area contributed by atoms with Gasteiger partial charge in [-0.1, -0.05) is 28.4 Å². The van der Waals surface area contributed by atoms with Gasteiger partial charge in [0.15, 0.2) is 5.75 Å². The summed E-state index contributed by atoms with van der Waals surface area (Å²) in [6.07, 6.45) is 4.90. The van der Waals surface area contributed by atoms with Crippen molar-refractivity contribution >= 4 is 40.4 Å². The van der Waals surface area contributed by atoms with Gasteiger partial charge in [-0.15, -0.1) is 5.10 Å². The van der Waals surface area contributed by atoms with Gasteiger partial charge in [0.05, 0.1) is 24.1 Å². The van der Waals surface area contributed by atoms with E-state index in [0.717, 1.165) is 0 Å². The molecule has 3 heterocycles. The molecule has 0 amide bonds. The number of fused-ring (bicyclic) bond motifs is 1. The van der Waals surface area contributed by atoms with Crippen LogP contribution in [0.5, 0.6) is 11.5 Å².